The molecule has 108 valence electrons. The number of hydrogen-bond donors (Lipinski definition) is 1. The van der Waals surface area contributed by atoms with E-state index in [2.05, 4.69) is 21.4 Å². The fourth-order valence-corrected chi connectivity index (χ4v) is 1.93. The van der Waals surface area contributed by atoms with Crippen molar-refractivity contribution < 1.29 is 9.47 Å². The Bertz CT molecular complexity index is 685. The first-order chi connectivity index (χ1) is 10.2. The Morgan fingerprint density at radius 2 is 2.10 bits per heavy atom. The van der Waals surface area contributed by atoms with Gasteiger partial charge in [-0.1, -0.05) is 11.6 Å². The molecule has 0 saturated heterocycles. The predicted octanol–water partition coefficient (Wildman–Crippen LogP) is 2.90. The van der Waals surface area contributed by atoms with Crippen molar-refractivity contribution in [1.29, 1.82) is 5.26 Å². The van der Waals surface area contributed by atoms with E-state index in [0.717, 1.165) is 0 Å². The molecule has 0 aliphatic rings. The highest BCUT2D eigenvalue weighted by atomic mass is 35.5. The van der Waals surface area contributed by atoms with Crippen LogP contribution < -0.4 is 10.1 Å². The molecule has 0 atom stereocenters. The number of nitrogens with one attached hydrogen (secondary N) is 1. The summed E-state index contributed by atoms with van der Waals surface area (Å²) in [5.41, 5.74) is 1.19. The van der Waals surface area contributed by atoms with Crippen molar-refractivity contribution in [3.05, 3.63) is 40.8 Å². The summed E-state index contributed by atoms with van der Waals surface area (Å²) in [6.45, 7) is 0.264. The molecule has 0 spiro atoms. The lowest BCUT2D eigenvalue weighted by Gasteiger charge is -2.11. The lowest BCUT2D eigenvalue weighted by molar-refractivity contribution is 0.178. The summed E-state index contributed by atoms with van der Waals surface area (Å²) in [4.78, 5) is 8.33. The molecular weight excluding hydrogens is 292 g/mol. The summed E-state index contributed by atoms with van der Waals surface area (Å²) in [6.07, 6.45) is 0. The molecule has 1 N–H and O–H groups in total. The van der Waals surface area contributed by atoms with Crippen LogP contribution in [0.2, 0.25) is 5.15 Å². The van der Waals surface area contributed by atoms with E-state index in [-0.39, 0.29) is 6.61 Å². The maximum atomic E-state index is 8.89. The zero-order chi connectivity index (χ0) is 15.2. The minimum Gasteiger partial charge on any atom is -0.495 e. The van der Waals surface area contributed by atoms with Crippen molar-refractivity contribution in [3.63, 3.8) is 0 Å². The van der Waals surface area contributed by atoms with E-state index in [4.69, 9.17) is 26.3 Å². The number of anilines is 2. The van der Waals surface area contributed by atoms with E-state index in [1.54, 1.807) is 31.4 Å². The normalized spacial score (nSPS) is 10.0. The summed E-state index contributed by atoms with van der Waals surface area (Å²) in [5, 5.41) is 12.3. The SMILES string of the molecule is COCc1nc(Cl)cc(Nc2ccc(C#N)cc2OC)n1. The van der Waals surface area contributed by atoms with Crippen LogP contribution in [0.5, 0.6) is 5.75 Å². The molecule has 0 aliphatic heterocycles. The standard InChI is InChI=1S/C14H13ClN4O2/c1-20-8-14-18-12(15)6-13(19-14)17-10-4-3-9(7-16)5-11(10)21-2/h3-6H,8H2,1-2H3,(H,17,18,19). The number of methoxy groups -OCH3 is 2. The second kappa shape index (κ2) is 6.88. The number of rotatable bonds is 5. The largest absolute Gasteiger partial charge is 0.495 e. The molecule has 1 aromatic heterocycles. The van der Waals surface area contributed by atoms with Gasteiger partial charge in [0.15, 0.2) is 5.82 Å². The first-order valence-corrected chi connectivity index (χ1v) is 6.41. The van der Waals surface area contributed by atoms with Crippen molar-refractivity contribution in [3.8, 4) is 11.8 Å². The highest BCUT2D eigenvalue weighted by Gasteiger charge is 2.08. The molecule has 0 saturated carbocycles. The zero-order valence-electron chi connectivity index (χ0n) is 11.6. The summed E-state index contributed by atoms with van der Waals surface area (Å²) in [6, 6.07) is 8.72. The molecule has 1 aromatic carbocycles. The molecule has 0 fully saturated rings. The fourth-order valence-electron chi connectivity index (χ4n) is 1.72. The van der Waals surface area contributed by atoms with E-state index in [1.807, 2.05) is 0 Å². The van der Waals surface area contributed by atoms with Gasteiger partial charge in [0.25, 0.3) is 0 Å². The Kier molecular flexibility index (Phi) is 4.93. The quantitative estimate of drug-likeness (QED) is 0.856. The number of nitrogens with zero attached hydrogens (tertiary/aromatic N) is 3. The van der Waals surface area contributed by atoms with E-state index < -0.39 is 0 Å². The van der Waals surface area contributed by atoms with Crippen LogP contribution in [-0.2, 0) is 11.3 Å². The van der Waals surface area contributed by atoms with Gasteiger partial charge < -0.3 is 14.8 Å². The summed E-state index contributed by atoms with van der Waals surface area (Å²) < 4.78 is 10.2. The van der Waals surface area contributed by atoms with Gasteiger partial charge in [-0.2, -0.15) is 5.26 Å². The first-order valence-electron chi connectivity index (χ1n) is 6.04. The van der Waals surface area contributed by atoms with Gasteiger partial charge in [0.2, 0.25) is 0 Å². The highest BCUT2D eigenvalue weighted by molar-refractivity contribution is 6.29. The molecule has 2 rings (SSSR count). The Balaban J connectivity index is 2.31. The van der Waals surface area contributed by atoms with Gasteiger partial charge in [-0.15, -0.1) is 0 Å². The summed E-state index contributed by atoms with van der Waals surface area (Å²) in [5.74, 6) is 1.53. The van der Waals surface area contributed by atoms with Gasteiger partial charge in [0, 0.05) is 19.2 Å². The number of benzene rings is 1. The van der Waals surface area contributed by atoms with Crippen molar-refractivity contribution in [2.24, 2.45) is 0 Å². The minimum absolute atomic E-state index is 0.264. The average molecular weight is 305 g/mol. The van der Waals surface area contributed by atoms with Crippen molar-refractivity contribution in [1.82, 2.24) is 9.97 Å². The Morgan fingerprint density at radius 1 is 1.29 bits per heavy atom. The van der Waals surface area contributed by atoms with Crippen LogP contribution in [0, 0.1) is 11.3 Å². The van der Waals surface area contributed by atoms with Crippen LogP contribution in [-0.4, -0.2) is 24.2 Å². The molecule has 0 aliphatic carbocycles. The van der Waals surface area contributed by atoms with Gasteiger partial charge in [-0.25, -0.2) is 9.97 Å². The number of halogens is 1. The number of ether oxygens (including phenoxy) is 2. The summed E-state index contributed by atoms with van der Waals surface area (Å²) >= 11 is 5.95. The molecular formula is C14H13ClN4O2. The molecule has 7 heteroatoms. The topological polar surface area (TPSA) is 80.1 Å². The van der Waals surface area contributed by atoms with Crippen LogP contribution in [0.25, 0.3) is 0 Å². The average Bonchev–Trinajstić information content (AvgIpc) is 2.47. The molecule has 21 heavy (non-hydrogen) atoms. The molecule has 2 aromatic rings. The third-order valence-corrected chi connectivity index (χ3v) is 2.80. The van der Waals surface area contributed by atoms with Crippen LogP contribution in [0.1, 0.15) is 11.4 Å². The zero-order valence-corrected chi connectivity index (χ0v) is 12.3. The molecule has 6 nitrogen and oxygen atoms in total. The molecule has 0 amide bonds. The minimum atomic E-state index is 0.264. The summed E-state index contributed by atoms with van der Waals surface area (Å²) in [7, 11) is 3.09. The van der Waals surface area contributed by atoms with E-state index in [0.29, 0.717) is 33.8 Å². The van der Waals surface area contributed by atoms with Crippen LogP contribution >= 0.6 is 11.6 Å². The van der Waals surface area contributed by atoms with Crippen molar-refractivity contribution >= 4 is 23.1 Å². The lowest BCUT2D eigenvalue weighted by atomic mass is 10.2. The maximum Gasteiger partial charge on any atom is 0.158 e. The van der Waals surface area contributed by atoms with E-state index in [9.17, 15) is 0 Å². The van der Waals surface area contributed by atoms with Gasteiger partial charge in [0.05, 0.1) is 24.4 Å². The van der Waals surface area contributed by atoms with E-state index >= 15 is 0 Å². The fraction of sp³-hybridized carbons (Fsp3) is 0.214. The number of hydrogen-bond acceptors (Lipinski definition) is 6. The van der Waals surface area contributed by atoms with Gasteiger partial charge in [-0.05, 0) is 12.1 Å². The monoisotopic (exact) mass is 304 g/mol. The number of nitriles is 1. The Hall–Kier alpha value is -2.36. The third-order valence-electron chi connectivity index (χ3n) is 2.61. The number of aromatic nitrogens is 2. The van der Waals surface area contributed by atoms with E-state index in [1.165, 1.54) is 7.11 Å². The van der Waals surface area contributed by atoms with Crippen LogP contribution in [0.15, 0.2) is 24.3 Å². The van der Waals surface area contributed by atoms with Crippen LogP contribution in [0.4, 0.5) is 11.5 Å². The van der Waals surface area contributed by atoms with Gasteiger partial charge in [0.1, 0.15) is 23.3 Å². The molecule has 1 heterocycles. The Labute approximate surface area is 127 Å². The molecule has 0 unspecified atom stereocenters. The smallest absolute Gasteiger partial charge is 0.158 e. The van der Waals surface area contributed by atoms with Crippen molar-refractivity contribution in [2.45, 2.75) is 6.61 Å². The highest BCUT2D eigenvalue weighted by Crippen LogP contribution is 2.28. The third kappa shape index (κ3) is 3.81. The lowest BCUT2D eigenvalue weighted by Crippen LogP contribution is -2.02. The first kappa shape index (κ1) is 15.0. The molecule has 0 bridgehead atoms. The van der Waals surface area contributed by atoms with Gasteiger partial charge in [-0.3, -0.25) is 0 Å². The van der Waals surface area contributed by atoms with Crippen LogP contribution in [0.3, 0.4) is 0 Å². The van der Waals surface area contributed by atoms with Gasteiger partial charge >= 0.3 is 0 Å². The second-order valence-electron chi connectivity index (χ2n) is 4.08. The second-order valence-corrected chi connectivity index (χ2v) is 4.46. The van der Waals surface area contributed by atoms with Crippen molar-refractivity contribution in [2.75, 3.05) is 19.5 Å². The Morgan fingerprint density at radius 3 is 2.76 bits per heavy atom. The molecule has 0 radical (unpaired) electrons. The predicted molar refractivity (Wildman–Crippen MR) is 78.7 cm³/mol. The maximum absolute atomic E-state index is 8.89.